The topological polar surface area (TPSA) is 37.3 Å². The lowest BCUT2D eigenvalue weighted by molar-refractivity contribution is -0.138. The second kappa shape index (κ2) is 5.13. The van der Waals surface area contributed by atoms with E-state index in [4.69, 9.17) is 5.11 Å². The van der Waals surface area contributed by atoms with Crippen LogP contribution in [-0.4, -0.2) is 11.1 Å². The molecule has 0 amide bonds. The first-order valence-electron chi connectivity index (χ1n) is 6.48. The summed E-state index contributed by atoms with van der Waals surface area (Å²) >= 11 is 0. The molecule has 0 heterocycles. The summed E-state index contributed by atoms with van der Waals surface area (Å²) in [5.41, 5.74) is 4.58. The molecule has 1 aromatic rings. The minimum Gasteiger partial charge on any atom is -0.481 e. The zero-order valence-corrected chi connectivity index (χ0v) is 12.3. The van der Waals surface area contributed by atoms with E-state index < -0.39 is 5.97 Å². The first-order valence-corrected chi connectivity index (χ1v) is 6.48. The second-order valence-electron chi connectivity index (χ2n) is 6.12. The quantitative estimate of drug-likeness (QED) is 0.868. The van der Waals surface area contributed by atoms with Crippen LogP contribution in [0.5, 0.6) is 0 Å². The van der Waals surface area contributed by atoms with Gasteiger partial charge in [0.25, 0.3) is 0 Å². The molecule has 1 aromatic carbocycles. The molecule has 0 saturated carbocycles. The molecule has 0 spiro atoms. The van der Waals surface area contributed by atoms with Crippen molar-refractivity contribution in [3.05, 3.63) is 34.4 Å². The molecular formula is C16H24O2. The number of carbonyl (C=O) groups is 1. The third kappa shape index (κ3) is 3.12. The summed E-state index contributed by atoms with van der Waals surface area (Å²) in [5.74, 6) is -0.282. The molecule has 2 nitrogen and oxygen atoms in total. The maximum atomic E-state index is 11.0. The van der Waals surface area contributed by atoms with Crippen LogP contribution in [0.15, 0.2) is 12.1 Å². The van der Waals surface area contributed by atoms with Gasteiger partial charge in [-0.15, -0.1) is 0 Å². The maximum absolute atomic E-state index is 11.0. The number of rotatable bonds is 4. The Bertz CT molecular complexity index is 456. The van der Waals surface area contributed by atoms with Crippen LogP contribution in [0.4, 0.5) is 0 Å². The number of hydrogen-bond acceptors (Lipinski definition) is 1. The Morgan fingerprint density at radius 1 is 1.28 bits per heavy atom. The van der Waals surface area contributed by atoms with E-state index in [1.165, 1.54) is 16.7 Å². The van der Waals surface area contributed by atoms with Gasteiger partial charge in [-0.1, -0.05) is 39.8 Å². The molecule has 1 N–H and O–H groups in total. The van der Waals surface area contributed by atoms with Crippen LogP contribution < -0.4 is 0 Å². The Balaban J connectivity index is 3.34. The smallest absolute Gasteiger partial charge is 0.304 e. The molecule has 0 unspecified atom stereocenters. The van der Waals surface area contributed by atoms with Gasteiger partial charge in [0.15, 0.2) is 0 Å². The van der Waals surface area contributed by atoms with Crippen LogP contribution in [0.25, 0.3) is 0 Å². The third-order valence-electron chi connectivity index (χ3n) is 3.68. The molecular weight excluding hydrogens is 224 g/mol. The van der Waals surface area contributed by atoms with E-state index in [0.717, 1.165) is 5.56 Å². The third-order valence-corrected chi connectivity index (χ3v) is 3.68. The normalized spacial score (nSPS) is 11.9. The molecule has 2 heteroatoms. The lowest BCUT2D eigenvalue weighted by atomic mass is 9.77. The number of benzene rings is 1. The van der Waals surface area contributed by atoms with E-state index in [2.05, 4.69) is 39.8 Å². The molecule has 0 saturated heterocycles. The SMILES string of the molecule is Cc1cc(C(C)C)cc(C(C)(C)CC(=O)O)c1C. The minimum atomic E-state index is -0.744. The van der Waals surface area contributed by atoms with Gasteiger partial charge >= 0.3 is 5.97 Å². The highest BCUT2D eigenvalue weighted by Crippen LogP contribution is 2.33. The lowest BCUT2D eigenvalue weighted by Gasteiger charge is -2.27. The maximum Gasteiger partial charge on any atom is 0.304 e. The molecule has 0 aromatic heterocycles. The predicted molar refractivity (Wildman–Crippen MR) is 75.3 cm³/mol. The molecule has 0 aliphatic carbocycles. The molecule has 0 bridgehead atoms. The van der Waals surface area contributed by atoms with E-state index in [9.17, 15) is 4.79 Å². The molecule has 0 aliphatic rings. The second-order valence-corrected chi connectivity index (χ2v) is 6.12. The van der Waals surface area contributed by atoms with Crippen molar-refractivity contribution in [3.8, 4) is 0 Å². The van der Waals surface area contributed by atoms with Crippen LogP contribution >= 0.6 is 0 Å². The summed E-state index contributed by atoms with van der Waals surface area (Å²) in [6.07, 6.45) is 0.162. The molecule has 18 heavy (non-hydrogen) atoms. The largest absolute Gasteiger partial charge is 0.481 e. The van der Waals surface area contributed by atoms with Crippen molar-refractivity contribution in [2.24, 2.45) is 0 Å². The van der Waals surface area contributed by atoms with E-state index in [1.54, 1.807) is 0 Å². The first kappa shape index (κ1) is 14.7. The van der Waals surface area contributed by atoms with Gasteiger partial charge in [0.2, 0.25) is 0 Å². The molecule has 0 aliphatic heterocycles. The number of aliphatic carboxylic acids is 1. The monoisotopic (exact) mass is 248 g/mol. The molecule has 0 fully saturated rings. The van der Waals surface area contributed by atoms with Crippen molar-refractivity contribution < 1.29 is 9.90 Å². The Hall–Kier alpha value is -1.31. The summed E-state index contributed by atoms with van der Waals surface area (Å²) in [7, 11) is 0. The number of aryl methyl sites for hydroxylation is 1. The highest BCUT2D eigenvalue weighted by atomic mass is 16.4. The molecule has 0 radical (unpaired) electrons. The summed E-state index contributed by atoms with van der Waals surface area (Å²) in [6.45, 7) is 12.5. The Morgan fingerprint density at radius 2 is 1.83 bits per heavy atom. The van der Waals surface area contributed by atoms with E-state index in [1.807, 2.05) is 13.8 Å². The van der Waals surface area contributed by atoms with Gasteiger partial charge in [-0.25, -0.2) is 0 Å². The molecule has 100 valence electrons. The minimum absolute atomic E-state index is 0.162. The van der Waals surface area contributed by atoms with Crippen LogP contribution in [0.1, 0.15) is 62.3 Å². The van der Waals surface area contributed by atoms with Gasteiger partial charge in [0, 0.05) is 5.41 Å². The highest BCUT2D eigenvalue weighted by Gasteiger charge is 2.27. The van der Waals surface area contributed by atoms with Gasteiger partial charge < -0.3 is 5.11 Å². The van der Waals surface area contributed by atoms with Crippen molar-refractivity contribution in [3.63, 3.8) is 0 Å². The van der Waals surface area contributed by atoms with Crippen LogP contribution in [0.3, 0.4) is 0 Å². The highest BCUT2D eigenvalue weighted by molar-refractivity contribution is 5.69. The zero-order chi connectivity index (χ0) is 14.1. The number of hydrogen-bond donors (Lipinski definition) is 1. The summed E-state index contributed by atoms with van der Waals surface area (Å²) in [4.78, 5) is 11.0. The van der Waals surface area contributed by atoms with Crippen molar-refractivity contribution in [2.45, 2.75) is 59.3 Å². The van der Waals surface area contributed by atoms with E-state index in [-0.39, 0.29) is 11.8 Å². The van der Waals surface area contributed by atoms with Gasteiger partial charge in [-0.2, -0.15) is 0 Å². The zero-order valence-electron chi connectivity index (χ0n) is 12.3. The average molecular weight is 248 g/mol. The van der Waals surface area contributed by atoms with Crippen molar-refractivity contribution in [2.75, 3.05) is 0 Å². The standard InChI is InChI=1S/C16H24O2/c1-10(2)13-7-11(3)12(4)14(8-13)16(5,6)9-15(17)18/h7-8,10H,9H2,1-6H3,(H,17,18). The van der Waals surface area contributed by atoms with E-state index >= 15 is 0 Å². The van der Waals surface area contributed by atoms with Gasteiger partial charge in [0.1, 0.15) is 0 Å². The van der Waals surface area contributed by atoms with Gasteiger partial charge in [0.05, 0.1) is 6.42 Å². The lowest BCUT2D eigenvalue weighted by Crippen LogP contribution is -2.23. The van der Waals surface area contributed by atoms with Crippen LogP contribution in [0.2, 0.25) is 0 Å². The molecule has 0 atom stereocenters. The average Bonchev–Trinajstić information content (AvgIpc) is 2.19. The fourth-order valence-electron chi connectivity index (χ4n) is 2.40. The van der Waals surface area contributed by atoms with E-state index in [0.29, 0.717) is 5.92 Å². The predicted octanol–water partition coefficient (Wildman–Crippen LogP) is 4.18. The fraction of sp³-hybridized carbons (Fsp3) is 0.562. The number of carboxylic acid groups (broad SMARTS) is 1. The van der Waals surface area contributed by atoms with Crippen molar-refractivity contribution in [1.29, 1.82) is 0 Å². The summed E-state index contributed by atoms with van der Waals surface area (Å²) in [6, 6.07) is 4.39. The summed E-state index contributed by atoms with van der Waals surface area (Å²) in [5, 5.41) is 9.05. The van der Waals surface area contributed by atoms with Gasteiger partial charge in [-0.3, -0.25) is 4.79 Å². The van der Waals surface area contributed by atoms with Gasteiger partial charge in [-0.05, 0) is 42.0 Å². The fourth-order valence-corrected chi connectivity index (χ4v) is 2.40. The Morgan fingerprint density at radius 3 is 2.28 bits per heavy atom. The first-order chi connectivity index (χ1) is 8.15. The number of carboxylic acids is 1. The van der Waals surface area contributed by atoms with Crippen LogP contribution in [0, 0.1) is 13.8 Å². The van der Waals surface area contributed by atoms with Crippen LogP contribution in [-0.2, 0) is 10.2 Å². The summed E-state index contributed by atoms with van der Waals surface area (Å²) < 4.78 is 0. The Kier molecular flexibility index (Phi) is 4.20. The van der Waals surface area contributed by atoms with Crippen molar-refractivity contribution in [1.82, 2.24) is 0 Å². The van der Waals surface area contributed by atoms with Crippen molar-refractivity contribution >= 4 is 5.97 Å². The molecule has 1 rings (SSSR count). The Labute approximate surface area is 110 Å².